The first kappa shape index (κ1) is 21.1. The van der Waals surface area contributed by atoms with Gasteiger partial charge in [-0.25, -0.2) is 9.97 Å². The quantitative estimate of drug-likeness (QED) is 0.457. The Kier molecular flexibility index (Phi) is 5.99. The van der Waals surface area contributed by atoms with Gasteiger partial charge in [-0.05, 0) is 12.1 Å². The highest BCUT2D eigenvalue weighted by atomic mass is 16.2. The number of amides is 1. The number of rotatable bonds is 6. The third-order valence-corrected chi connectivity index (χ3v) is 6.17. The second kappa shape index (κ2) is 9.38. The first-order valence-corrected chi connectivity index (χ1v) is 11.2. The molecular weight excluding hydrogens is 416 g/mol. The van der Waals surface area contributed by atoms with Gasteiger partial charge in [-0.1, -0.05) is 42.5 Å². The molecule has 1 fully saturated rings. The number of carbonyl (C=O) groups excluding carboxylic acids is 1. The van der Waals surface area contributed by atoms with Crippen LogP contribution in [0, 0.1) is 0 Å². The van der Waals surface area contributed by atoms with E-state index in [0.29, 0.717) is 24.0 Å². The summed E-state index contributed by atoms with van der Waals surface area (Å²) in [6.07, 6.45) is 5.31. The van der Waals surface area contributed by atoms with Crippen LogP contribution >= 0.6 is 0 Å². The van der Waals surface area contributed by atoms with Crippen molar-refractivity contribution in [1.82, 2.24) is 28.9 Å². The molecule has 2 aromatic carbocycles. The molecule has 0 atom stereocenters. The summed E-state index contributed by atoms with van der Waals surface area (Å²) in [6, 6.07) is 17.4. The van der Waals surface area contributed by atoms with E-state index in [2.05, 4.69) is 31.6 Å². The van der Waals surface area contributed by atoms with E-state index in [1.165, 1.54) is 10.9 Å². The van der Waals surface area contributed by atoms with Crippen LogP contribution in [0.2, 0.25) is 0 Å². The number of hydrogen-bond donors (Lipinski definition) is 0. The highest BCUT2D eigenvalue weighted by Crippen LogP contribution is 2.17. The zero-order valence-corrected chi connectivity index (χ0v) is 18.4. The Morgan fingerprint density at radius 1 is 0.848 bits per heavy atom. The van der Waals surface area contributed by atoms with Crippen LogP contribution in [0.5, 0.6) is 0 Å². The van der Waals surface area contributed by atoms with E-state index in [1.54, 1.807) is 12.1 Å². The van der Waals surface area contributed by atoms with Gasteiger partial charge >= 0.3 is 0 Å². The van der Waals surface area contributed by atoms with Crippen molar-refractivity contribution in [3.63, 3.8) is 0 Å². The van der Waals surface area contributed by atoms with Gasteiger partial charge in [-0.2, -0.15) is 0 Å². The summed E-state index contributed by atoms with van der Waals surface area (Å²) in [5, 5.41) is 0.534. The number of nitrogens with zero attached hydrogens (tertiary/aromatic N) is 6. The van der Waals surface area contributed by atoms with Gasteiger partial charge in [0.1, 0.15) is 12.4 Å². The molecule has 1 amide bonds. The van der Waals surface area contributed by atoms with E-state index in [0.717, 1.165) is 37.6 Å². The Balaban J connectivity index is 1.15. The Labute approximate surface area is 191 Å². The van der Waals surface area contributed by atoms with Crippen LogP contribution in [0.25, 0.3) is 22.3 Å². The van der Waals surface area contributed by atoms with E-state index < -0.39 is 0 Å². The highest BCUT2D eigenvalue weighted by Gasteiger charge is 2.22. The largest absolute Gasteiger partial charge is 0.339 e. The van der Waals surface area contributed by atoms with E-state index in [-0.39, 0.29) is 18.0 Å². The highest BCUT2D eigenvalue weighted by molar-refractivity contribution is 5.79. The molecule has 33 heavy (non-hydrogen) atoms. The fourth-order valence-corrected chi connectivity index (χ4v) is 4.27. The van der Waals surface area contributed by atoms with Crippen molar-refractivity contribution >= 4 is 16.8 Å². The van der Waals surface area contributed by atoms with E-state index in [4.69, 9.17) is 0 Å². The Bertz CT molecular complexity index is 1310. The summed E-state index contributed by atoms with van der Waals surface area (Å²) in [4.78, 5) is 38.5. The van der Waals surface area contributed by atoms with Crippen molar-refractivity contribution in [3.05, 3.63) is 83.7 Å². The van der Waals surface area contributed by atoms with Crippen molar-refractivity contribution in [2.75, 3.05) is 32.7 Å². The summed E-state index contributed by atoms with van der Waals surface area (Å²) in [5.74, 6) is 0.925. The fourth-order valence-electron chi connectivity index (χ4n) is 4.27. The third kappa shape index (κ3) is 4.56. The molecule has 0 spiro atoms. The summed E-state index contributed by atoms with van der Waals surface area (Å²) >= 11 is 0. The maximum Gasteiger partial charge on any atom is 0.261 e. The maximum atomic E-state index is 12.8. The number of para-hydroxylation sites is 1. The van der Waals surface area contributed by atoms with Gasteiger partial charge in [0.15, 0.2) is 0 Å². The molecule has 1 saturated heterocycles. The topological polar surface area (TPSA) is 76.3 Å². The SMILES string of the molecule is O=C(Cn1cnc2ccccc2c1=O)N1CCN(CCn2ccnc2-c2ccccc2)CC1. The number of piperazine rings is 1. The summed E-state index contributed by atoms with van der Waals surface area (Å²) in [5.41, 5.74) is 1.58. The number of hydrogen-bond acceptors (Lipinski definition) is 5. The second-order valence-corrected chi connectivity index (χ2v) is 8.23. The van der Waals surface area contributed by atoms with Crippen molar-refractivity contribution in [1.29, 1.82) is 0 Å². The maximum absolute atomic E-state index is 12.8. The van der Waals surface area contributed by atoms with Crippen LogP contribution in [0.3, 0.4) is 0 Å². The minimum absolute atomic E-state index is 0.0200. The normalized spacial score (nSPS) is 14.6. The Hall–Kier alpha value is -3.78. The van der Waals surface area contributed by atoms with E-state index >= 15 is 0 Å². The monoisotopic (exact) mass is 442 g/mol. The molecule has 8 nitrogen and oxygen atoms in total. The summed E-state index contributed by atoms with van der Waals surface area (Å²) in [7, 11) is 0. The number of aromatic nitrogens is 4. The van der Waals surface area contributed by atoms with Crippen LogP contribution in [0.1, 0.15) is 0 Å². The zero-order chi connectivity index (χ0) is 22.6. The molecule has 3 heterocycles. The van der Waals surface area contributed by atoms with Crippen LogP contribution in [0.4, 0.5) is 0 Å². The molecule has 5 rings (SSSR count). The predicted octanol–water partition coefficient (Wildman–Crippen LogP) is 2.10. The molecule has 0 radical (unpaired) electrons. The summed E-state index contributed by atoms with van der Waals surface area (Å²) in [6.45, 7) is 4.70. The first-order chi connectivity index (χ1) is 16.2. The van der Waals surface area contributed by atoms with Gasteiger partial charge in [0.25, 0.3) is 5.56 Å². The van der Waals surface area contributed by atoms with Gasteiger partial charge in [0, 0.05) is 57.2 Å². The molecule has 2 aromatic heterocycles. The van der Waals surface area contributed by atoms with Crippen LogP contribution < -0.4 is 5.56 Å². The predicted molar refractivity (Wildman–Crippen MR) is 127 cm³/mol. The molecule has 4 aromatic rings. The van der Waals surface area contributed by atoms with Gasteiger partial charge in [0.05, 0.1) is 17.2 Å². The van der Waals surface area contributed by atoms with Crippen molar-refractivity contribution in [3.8, 4) is 11.4 Å². The molecule has 0 unspecified atom stereocenters. The van der Waals surface area contributed by atoms with Crippen LogP contribution in [-0.2, 0) is 17.9 Å². The van der Waals surface area contributed by atoms with Gasteiger partial charge in [-0.3, -0.25) is 19.1 Å². The fraction of sp³-hybridized carbons (Fsp3) is 0.280. The van der Waals surface area contributed by atoms with Crippen molar-refractivity contribution in [2.24, 2.45) is 0 Å². The number of fused-ring (bicyclic) bond motifs is 1. The molecule has 168 valence electrons. The number of imidazole rings is 1. The number of benzene rings is 2. The third-order valence-electron chi connectivity index (χ3n) is 6.17. The average Bonchev–Trinajstić information content (AvgIpc) is 3.34. The lowest BCUT2D eigenvalue weighted by atomic mass is 10.2. The summed E-state index contributed by atoms with van der Waals surface area (Å²) < 4.78 is 3.58. The van der Waals surface area contributed by atoms with Crippen molar-refractivity contribution in [2.45, 2.75) is 13.1 Å². The van der Waals surface area contributed by atoms with Crippen LogP contribution in [0.15, 0.2) is 78.1 Å². The van der Waals surface area contributed by atoms with Gasteiger partial charge in [-0.15, -0.1) is 0 Å². The van der Waals surface area contributed by atoms with Crippen LogP contribution in [-0.4, -0.2) is 67.5 Å². The molecule has 8 heteroatoms. The molecule has 0 N–H and O–H groups in total. The van der Waals surface area contributed by atoms with E-state index in [1.807, 2.05) is 47.6 Å². The second-order valence-electron chi connectivity index (χ2n) is 8.23. The lowest BCUT2D eigenvalue weighted by molar-refractivity contribution is -0.133. The minimum Gasteiger partial charge on any atom is -0.339 e. The molecule has 0 bridgehead atoms. The Morgan fingerprint density at radius 2 is 1.61 bits per heavy atom. The Morgan fingerprint density at radius 3 is 2.42 bits per heavy atom. The smallest absolute Gasteiger partial charge is 0.261 e. The molecule has 1 aliphatic heterocycles. The lowest BCUT2D eigenvalue weighted by Gasteiger charge is -2.35. The van der Waals surface area contributed by atoms with Crippen molar-refractivity contribution < 1.29 is 4.79 Å². The molecule has 0 saturated carbocycles. The number of carbonyl (C=O) groups is 1. The lowest BCUT2D eigenvalue weighted by Crippen LogP contribution is -2.50. The van der Waals surface area contributed by atoms with Gasteiger partial charge in [0.2, 0.25) is 5.91 Å². The molecule has 1 aliphatic rings. The minimum atomic E-state index is -0.179. The average molecular weight is 443 g/mol. The standard InChI is InChI=1S/C25H26N6O2/c32-23(18-31-19-27-22-9-5-4-8-21(22)25(31)33)29-15-12-28(13-16-29)14-17-30-11-10-26-24(30)20-6-2-1-3-7-20/h1-11,19H,12-18H2. The zero-order valence-electron chi connectivity index (χ0n) is 18.4. The van der Waals surface area contributed by atoms with E-state index in [9.17, 15) is 9.59 Å². The molecule has 0 aliphatic carbocycles. The van der Waals surface area contributed by atoms with Gasteiger partial charge < -0.3 is 9.47 Å². The molecular formula is C25H26N6O2. The first-order valence-electron chi connectivity index (χ1n) is 11.2.